The van der Waals surface area contributed by atoms with Crippen LogP contribution < -0.4 is 10.2 Å². The van der Waals surface area contributed by atoms with Gasteiger partial charge in [0.2, 0.25) is 5.91 Å². The lowest BCUT2D eigenvalue weighted by Gasteiger charge is -2.24. The van der Waals surface area contributed by atoms with E-state index in [0.717, 1.165) is 38.3 Å². The number of amides is 1. The van der Waals surface area contributed by atoms with Crippen LogP contribution in [0.3, 0.4) is 0 Å². The standard InChI is InChI=1S/C21H20ClN5O/c22-19-12-18(7-6-16(19)13-23)25-21(28)15-26-8-3-9-27(11-10-26)20-5-2-1-4-17(20)14-24/h1-2,4-7,12H,3,8-11,15H2,(H,25,28). The predicted molar refractivity (Wildman–Crippen MR) is 109 cm³/mol. The summed E-state index contributed by atoms with van der Waals surface area (Å²) in [5.74, 6) is -0.119. The zero-order valence-electron chi connectivity index (χ0n) is 15.4. The van der Waals surface area contributed by atoms with Crippen LogP contribution in [0.1, 0.15) is 17.5 Å². The number of hydrogen-bond acceptors (Lipinski definition) is 5. The molecule has 0 aromatic heterocycles. The van der Waals surface area contributed by atoms with Crippen molar-refractivity contribution in [2.75, 3.05) is 42.9 Å². The maximum Gasteiger partial charge on any atom is 0.238 e. The summed E-state index contributed by atoms with van der Waals surface area (Å²) in [5, 5.41) is 21.4. The molecule has 1 saturated heterocycles. The van der Waals surface area contributed by atoms with Gasteiger partial charge in [-0.3, -0.25) is 9.69 Å². The molecule has 1 fully saturated rings. The van der Waals surface area contributed by atoms with Crippen molar-refractivity contribution in [2.45, 2.75) is 6.42 Å². The van der Waals surface area contributed by atoms with E-state index in [1.54, 1.807) is 18.2 Å². The van der Waals surface area contributed by atoms with E-state index < -0.39 is 0 Å². The topological polar surface area (TPSA) is 83.2 Å². The summed E-state index contributed by atoms with van der Waals surface area (Å²) in [6.07, 6.45) is 0.912. The van der Waals surface area contributed by atoms with Gasteiger partial charge in [0.25, 0.3) is 0 Å². The number of benzene rings is 2. The monoisotopic (exact) mass is 393 g/mol. The molecule has 7 heteroatoms. The number of anilines is 2. The molecule has 28 heavy (non-hydrogen) atoms. The average Bonchev–Trinajstić information content (AvgIpc) is 2.93. The SMILES string of the molecule is N#Cc1ccc(NC(=O)CN2CCCN(c3ccccc3C#N)CC2)cc1Cl. The average molecular weight is 394 g/mol. The molecule has 6 nitrogen and oxygen atoms in total. The smallest absolute Gasteiger partial charge is 0.238 e. The molecule has 0 aliphatic carbocycles. The number of nitriles is 2. The van der Waals surface area contributed by atoms with Gasteiger partial charge < -0.3 is 10.2 Å². The first-order chi connectivity index (χ1) is 13.6. The van der Waals surface area contributed by atoms with Crippen LogP contribution in [0.15, 0.2) is 42.5 Å². The third-order valence-electron chi connectivity index (χ3n) is 4.69. The van der Waals surface area contributed by atoms with E-state index in [1.165, 1.54) is 0 Å². The molecule has 1 heterocycles. The molecule has 2 aromatic rings. The summed E-state index contributed by atoms with van der Waals surface area (Å²) in [7, 11) is 0. The summed E-state index contributed by atoms with van der Waals surface area (Å²) in [4.78, 5) is 16.7. The Morgan fingerprint density at radius 2 is 1.82 bits per heavy atom. The molecule has 1 aliphatic heterocycles. The Bertz CT molecular complexity index is 947. The molecular formula is C21H20ClN5O. The number of nitrogens with zero attached hydrogens (tertiary/aromatic N) is 4. The number of carbonyl (C=O) groups excluding carboxylic acids is 1. The zero-order chi connectivity index (χ0) is 19.9. The fraction of sp³-hybridized carbons (Fsp3) is 0.286. The van der Waals surface area contributed by atoms with Crippen LogP contribution in [0.25, 0.3) is 0 Å². The third kappa shape index (κ3) is 4.80. The van der Waals surface area contributed by atoms with Crippen molar-refractivity contribution in [3.63, 3.8) is 0 Å². The highest BCUT2D eigenvalue weighted by Gasteiger charge is 2.19. The van der Waals surface area contributed by atoms with Crippen LogP contribution in [0.4, 0.5) is 11.4 Å². The minimum Gasteiger partial charge on any atom is -0.369 e. The molecule has 0 radical (unpaired) electrons. The minimum absolute atomic E-state index is 0.119. The Morgan fingerprint density at radius 1 is 1.04 bits per heavy atom. The van der Waals surface area contributed by atoms with E-state index in [2.05, 4.69) is 21.2 Å². The number of nitrogens with one attached hydrogen (secondary N) is 1. The normalized spacial score (nSPS) is 14.6. The van der Waals surface area contributed by atoms with Crippen LogP contribution in [0.5, 0.6) is 0 Å². The van der Waals surface area contributed by atoms with Gasteiger partial charge in [-0.05, 0) is 36.8 Å². The fourth-order valence-electron chi connectivity index (χ4n) is 3.30. The number of para-hydroxylation sites is 1. The second-order valence-corrected chi connectivity index (χ2v) is 7.01. The van der Waals surface area contributed by atoms with Gasteiger partial charge in [0.05, 0.1) is 28.4 Å². The number of hydrogen-bond donors (Lipinski definition) is 1. The van der Waals surface area contributed by atoms with Gasteiger partial charge in [0.1, 0.15) is 12.1 Å². The second-order valence-electron chi connectivity index (χ2n) is 6.60. The van der Waals surface area contributed by atoms with Crippen LogP contribution in [0.2, 0.25) is 5.02 Å². The van der Waals surface area contributed by atoms with E-state index in [-0.39, 0.29) is 12.5 Å². The first-order valence-electron chi connectivity index (χ1n) is 9.06. The van der Waals surface area contributed by atoms with Crippen LogP contribution in [-0.2, 0) is 4.79 Å². The highest BCUT2D eigenvalue weighted by molar-refractivity contribution is 6.32. The Labute approximate surface area is 169 Å². The molecule has 1 N–H and O–H groups in total. The molecule has 0 atom stereocenters. The van der Waals surface area contributed by atoms with Crippen molar-refractivity contribution >= 4 is 28.9 Å². The largest absolute Gasteiger partial charge is 0.369 e. The van der Waals surface area contributed by atoms with Gasteiger partial charge in [-0.2, -0.15) is 10.5 Å². The van der Waals surface area contributed by atoms with Crippen LogP contribution in [-0.4, -0.2) is 43.5 Å². The highest BCUT2D eigenvalue weighted by Crippen LogP contribution is 2.22. The molecule has 0 spiro atoms. The summed E-state index contributed by atoms with van der Waals surface area (Å²) in [6.45, 7) is 3.44. The van der Waals surface area contributed by atoms with Gasteiger partial charge in [0, 0.05) is 31.9 Å². The molecule has 1 amide bonds. The molecule has 2 aromatic carbocycles. The van der Waals surface area contributed by atoms with Crippen molar-refractivity contribution in [1.82, 2.24) is 4.90 Å². The molecule has 0 unspecified atom stereocenters. The summed E-state index contributed by atoms with van der Waals surface area (Å²) >= 11 is 6.01. The first-order valence-corrected chi connectivity index (χ1v) is 9.44. The van der Waals surface area contributed by atoms with Crippen LogP contribution >= 0.6 is 11.6 Å². The van der Waals surface area contributed by atoms with Gasteiger partial charge >= 0.3 is 0 Å². The highest BCUT2D eigenvalue weighted by atomic mass is 35.5. The summed E-state index contributed by atoms with van der Waals surface area (Å²) in [6, 6.07) is 16.7. The summed E-state index contributed by atoms with van der Waals surface area (Å²) in [5.41, 5.74) is 2.58. The van der Waals surface area contributed by atoms with Gasteiger partial charge in [-0.25, -0.2) is 0 Å². The van der Waals surface area contributed by atoms with Crippen molar-refractivity contribution in [3.8, 4) is 12.1 Å². The van der Waals surface area contributed by atoms with Gasteiger partial charge in [-0.1, -0.05) is 23.7 Å². The van der Waals surface area contributed by atoms with Crippen molar-refractivity contribution < 1.29 is 4.79 Å². The van der Waals surface area contributed by atoms with E-state index in [0.29, 0.717) is 21.8 Å². The fourth-order valence-corrected chi connectivity index (χ4v) is 3.52. The van der Waals surface area contributed by atoms with Crippen LogP contribution in [0, 0.1) is 22.7 Å². The van der Waals surface area contributed by atoms with Crippen molar-refractivity contribution in [1.29, 1.82) is 10.5 Å². The van der Waals surface area contributed by atoms with Gasteiger partial charge in [0.15, 0.2) is 0 Å². The van der Waals surface area contributed by atoms with E-state index in [4.69, 9.17) is 16.9 Å². The van der Waals surface area contributed by atoms with E-state index in [1.807, 2.05) is 30.3 Å². The van der Waals surface area contributed by atoms with E-state index >= 15 is 0 Å². The first kappa shape index (κ1) is 19.7. The molecule has 1 aliphatic rings. The Hall–Kier alpha value is -3.06. The van der Waals surface area contributed by atoms with Gasteiger partial charge in [-0.15, -0.1) is 0 Å². The van der Waals surface area contributed by atoms with Crippen molar-refractivity contribution in [2.24, 2.45) is 0 Å². The van der Waals surface area contributed by atoms with E-state index in [9.17, 15) is 10.1 Å². The maximum absolute atomic E-state index is 12.4. The number of halogens is 1. The molecule has 0 bridgehead atoms. The predicted octanol–water partition coefficient (Wildman–Crippen LogP) is 3.23. The van der Waals surface area contributed by atoms with Crippen molar-refractivity contribution in [3.05, 3.63) is 58.6 Å². The molecule has 142 valence electrons. The maximum atomic E-state index is 12.4. The summed E-state index contributed by atoms with van der Waals surface area (Å²) < 4.78 is 0. The molecule has 0 saturated carbocycles. The Morgan fingerprint density at radius 3 is 2.57 bits per heavy atom. The zero-order valence-corrected chi connectivity index (χ0v) is 16.1. The molecular weight excluding hydrogens is 374 g/mol. The third-order valence-corrected chi connectivity index (χ3v) is 5.01. The number of rotatable bonds is 4. The minimum atomic E-state index is -0.119. The lowest BCUT2D eigenvalue weighted by atomic mass is 10.1. The lowest BCUT2D eigenvalue weighted by molar-refractivity contribution is -0.117. The molecule has 3 rings (SSSR count). The Kier molecular flexibility index (Phi) is 6.49. The number of carbonyl (C=O) groups is 1. The quantitative estimate of drug-likeness (QED) is 0.862. The second kappa shape index (κ2) is 9.23. The Balaban J connectivity index is 1.57. The lowest BCUT2D eigenvalue weighted by Crippen LogP contribution is -2.36.